The predicted molar refractivity (Wildman–Crippen MR) is 89.7 cm³/mol. The van der Waals surface area contributed by atoms with E-state index in [1.165, 1.54) is 4.90 Å². The fourth-order valence-electron chi connectivity index (χ4n) is 1.89. The minimum Gasteiger partial charge on any atom is -0.379 e. The number of hydrogen-bond donors (Lipinski definition) is 2. The van der Waals surface area contributed by atoms with Gasteiger partial charge in [-0.3, -0.25) is 14.9 Å². The van der Waals surface area contributed by atoms with Gasteiger partial charge in [-0.2, -0.15) is 13.2 Å². The van der Waals surface area contributed by atoms with E-state index in [4.69, 9.17) is 5.73 Å². The van der Waals surface area contributed by atoms with Gasteiger partial charge in [0.25, 0.3) is 5.69 Å². The van der Waals surface area contributed by atoms with Crippen molar-refractivity contribution in [3.05, 3.63) is 33.9 Å². The SMILES string of the molecule is CC(CN)N(C)C(=O)CCNc1ccc(C(F)(F)F)cc1[N+](=O)[O-].Cl. The number of likely N-dealkylation sites (N-methyl/N-ethyl adjacent to an activating group) is 1. The Morgan fingerprint density at radius 3 is 2.52 bits per heavy atom. The van der Waals surface area contributed by atoms with Crippen LogP contribution in [0, 0.1) is 10.1 Å². The van der Waals surface area contributed by atoms with Gasteiger partial charge in [0.05, 0.1) is 10.5 Å². The number of amides is 1. The maximum Gasteiger partial charge on any atom is 0.416 e. The van der Waals surface area contributed by atoms with E-state index >= 15 is 0 Å². The number of carbonyl (C=O) groups is 1. The predicted octanol–water partition coefficient (Wildman–Crippen LogP) is 2.64. The first-order valence-corrected chi connectivity index (χ1v) is 7.13. The molecule has 142 valence electrons. The van der Waals surface area contributed by atoms with Crippen LogP contribution in [0.15, 0.2) is 18.2 Å². The van der Waals surface area contributed by atoms with E-state index in [2.05, 4.69) is 5.32 Å². The van der Waals surface area contributed by atoms with Crippen molar-refractivity contribution in [2.45, 2.75) is 25.6 Å². The Morgan fingerprint density at radius 2 is 2.04 bits per heavy atom. The molecule has 1 aromatic carbocycles. The standard InChI is InChI=1S/C14H19F3N4O3.ClH/c1-9(8-18)20(2)13(22)5-6-19-11-4-3-10(14(15,16)17)7-12(11)21(23)24;/h3-4,7,9,19H,5-6,8,18H2,1-2H3;1H. The van der Waals surface area contributed by atoms with Crippen LogP contribution in [0.2, 0.25) is 0 Å². The number of anilines is 1. The van der Waals surface area contributed by atoms with Gasteiger partial charge in [0.15, 0.2) is 0 Å². The van der Waals surface area contributed by atoms with Crippen LogP contribution in [-0.4, -0.2) is 41.9 Å². The lowest BCUT2D eigenvalue weighted by Gasteiger charge is -2.23. The van der Waals surface area contributed by atoms with Gasteiger partial charge in [0, 0.05) is 38.7 Å². The Kier molecular flexibility index (Phi) is 8.64. The van der Waals surface area contributed by atoms with Crippen LogP contribution < -0.4 is 11.1 Å². The van der Waals surface area contributed by atoms with Crippen molar-refractivity contribution in [1.29, 1.82) is 0 Å². The van der Waals surface area contributed by atoms with Crippen molar-refractivity contribution in [1.82, 2.24) is 4.90 Å². The van der Waals surface area contributed by atoms with Crippen LogP contribution in [0.25, 0.3) is 0 Å². The lowest BCUT2D eigenvalue weighted by Crippen LogP contribution is -2.40. The second-order valence-electron chi connectivity index (χ2n) is 5.25. The number of benzene rings is 1. The molecule has 1 rings (SSSR count). The van der Waals surface area contributed by atoms with Gasteiger partial charge in [-0.15, -0.1) is 12.4 Å². The second-order valence-corrected chi connectivity index (χ2v) is 5.25. The monoisotopic (exact) mass is 384 g/mol. The molecule has 0 aliphatic rings. The van der Waals surface area contributed by atoms with Crippen molar-refractivity contribution in [3.63, 3.8) is 0 Å². The van der Waals surface area contributed by atoms with Gasteiger partial charge in [0.2, 0.25) is 5.91 Å². The zero-order chi connectivity index (χ0) is 18.5. The molecule has 0 radical (unpaired) electrons. The molecule has 0 spiro atoms. The van der Waals surface area contributed by atoms with Gasteiger partial charge in [-0.05, 0) is 19.1 Å². The molecule has 25 heavy (non-hydrogen) atoms. The molecule has 3 N–H and O–H groups in total. The normalized spacial score (nSPS) is 12.1. The highest BCUT2D eigenvalue weighted by atomic mass is 35.5. The number of carbonyl (C=O) groups excluding carboxylic acids is 1. The fourth-order valence-corrected chi connectivity index (χ4v) is 1.89. The van der Waals surface area contributed by atoms with Crippen molar-refractivity contribution in [3.8, 4) is 0 Å². The van der Waals surface area contributed by atoms with Crippen LogP contribution in [-0.2, 0) is 11.0 Å². The van der Waals surface area contributed by atoms with Crippen LogP contribution >= 0.6 is 12.4 Å². The number of nitrogens with zero attached hydrogens (tertiary/aromatic N) is 2. The molecule has 0 heterocycles. The van der Waals surface area contributed by atoms with Crippen LogP contribution in [0.1, 0.15) is 18.9 Å². The molecule has 0 aliphatic heterocycles. The summed E-state index contributed by atoms with van der Waals surface area (Å²) >= 11 is 0. The molecule has 1 amide bonds. The average Bonchev–Trinajstić information content (AvgIpc) is 2.52. The van der Waals surface area contributed by atoms with Crippen molar-refractivity contribution in [2.24, 2.45) is 5.73 Å². The third kappa shape index (κ3) is 6.39. The molecule has 0 bridgehead atoms. The zero-order valence-electron chi connectivity index (χ0n) is 13.7. The zero-order valence-corrected chi connectivity index (χ0v) is 14.5. The molecule has 7 nitrogen and oxygen atoms in total. The van der Waals surface area contributed by atoms with E-state index in [0.717, 1.165) is 12.1 Å². The Morgan fingerprint density at radius 1 is 1.44 bits per heavy atom. The van der Waals surface area contributed by atoms with Gasteiger partial charge >= 0.3 is 6.18 Å². The number of rotatable bonds is 7. The highest BCUT2D eigenvalue weighted by Crippen LogP contribution is 2.34. The maximum absolute atomic E-state index is 12.6. The molecule has 0 fully saturated rings. The number of nitro benzene ring substituents is 1. The van der Waals surface area contributed by atoms with E-state index in [0.29, 0.717) is 12.6 Å². The number of hydrogen-bond acceptors (Lipinski definition) is 5. The largest absolute Gasteiger partial charge is 0.416 e. The summed E-state index contributed by atoms with van der Waals surface area (Å²) in [6.45, 7) is 2.11. The third-order valence-corrected chi connectivity index (χ3v) is 3.57. The number of alkyl halides is 3. The summed E-state index contributed by atoms with van der Waals surface area (Å²) in [6.07, 6.45) is -4.64. The molecule has 1 atom stereocenters. The van der Waals surface area contributed by atoms with Crippen LogP contribution in [0.4, 0.5) is 24.5 Å². The molecular formula is C14H20ClF3N4O3. The number of nitrogens with two attached hydrogens (primary N) is 1. The summed E-state index contributed by atoms with van der Waals surface area (Å²) in [7, 11) is 1.58. The van der Waals surface area contributed by atoms with E-state index in [-0.39, 0.29) is 43.0 Å². The van der Waals surface area contributed by atoms with Gasteiger partial charge in [-0.25, -0.2) is 0 Å². The van der Waals surface area contributed by atoms with Gasteiger partial charge < -0.3 is 16.0 Å². The topological polar surface area (TPSA) is 102 Å². The van der Waals surface area contributed by atoms with E-state index in [1.54, 1.807) is 14.0 Å². The first-order valence-electron chi connectivity index (χ1n) is 7.13. The highest BCUT2D eigenvalue weighted by molar-refractivity contribution is 5.85. The Bertz CT molecular complexity index is 613. The third-order valence-electron chi connectivity index (χ3n) is 3.57. The maximum atomic E-state index is 12.6. The minimum atomic E-state index is -4.67. The van der Waals surface area contributed by atoms with Crippen molar-refractivity contribution in [2.75, 3.05) is 25.5 Å². The highest BCUT2D eigenvalue weighted by Gasteiger charge is 2.33. The molecule has 0 saturated heterocycles. The summed E-state index contributed by atoms with van der Waals surface area (Å²) in [5.41, 5.74) is 3.58. The Hall–Kier alpha value is -2.07. The fraction of sp³-hybridized carbons (Fsp3) is 0.500. The molecule has 1 aromatic rings. The molecule has 0 aromatic heterocycles. The van der Waals surface area contributed by atoms with E-state index in [1.807, 2.05) is 0 Å². The van der Waals surface area contributed by atoms with Gasteiger partial charge in [-0.1, -0.05) is 0 Å². The summed E-state index contributed by atoms with van der Waals surface area (Å²) in [4.78, 5) is 23.4. The number of nitrogens with one attached hydrogen (secondary N) is 1. The summed E-state index contributed by atoms with van der Waals surface area (Å²) in [6, 6.07) is 2.04. The Labute approximate surface area is 148 Å². The first kappa shape index (κ1) is 22.9. The second kappa shape index (κ2) is 9.42. The summed E-state index contributed by atoms with van der Waals surface area (Å²) in [5, 5.41) is 13.6. The van der Waals surface area contributed by atoms with E-state index in [9.17, 15) is 28.1 Å². The molecular weight excluding hydrogens is 365 g/mol. The molecule has 11 heteroatoms. The van der Waals surface area contributed by atoms with E-state index < -0.39 is 22.4 Å². The Balaban J connectivity index is 0.00000576. The summed E-state index contributed by atoms with van der Waals surface area (Å²) in [5.74, 6) is -0.227. The van der Waals surface area contributed by atoms with Gasteiger partial charge in [0.1, 0.15) is 5.69 Å². The minimum absolute atomic E-state index is 0. The smallest absolute Gasteiger partial charge is 0.379 e. The summed E-state index contributed by atoms with van der Waals surface area (Å²) < 4.78 is 37.8. The molecule has 0 aliphatic carbocycles. The van der Waals surface area contributed by atoms with Crippen LogP contribution in [0.5, 0.6) is 0 Å². The van der Waals surface area contributed by atoms with Crippen LogP contribution in [0.3, 0.4) is 0 Å². The molecule has 1 unspecified atom stereocenters. The number of nitro groups is 1. The number of halogens is 4. The van der Waals surface area contributed by atoms with Crippen molar-refractivity contribution < 1.29 is 22.9 Å². The lowest BCUT2D eigenvalue weighted by molar-refractivity contribution is -0.384. The quantitative estimate of drug-likeness (QED) is 0.556. The average molecular weight is 385 g/mol. The molecule has 0 saturated carbocycles. The van der Waals surface area contributed by atoms with Crippen molar-refractivity contribution >= 4 is 29.7 Å². The lowest BCUT2D eigenvalue weighted by atomic mass is 10.1. The first-order chi connectivity index (χ1) is 11.1.